The molecule has 2 aromatic carbocycles. The highest BCUT2D eigenvalue weighted by Gasteiger charge is 2.21. The van der Waals surface area contributed by atoms with Crippen LogP contribution >= 0.6 is 0 Å². The third-order valence-electron chi connectivity index (χ3n) is 4.91. The van der Waals surface area contributed by atoms with Gasteiger partial charge < -0.3 is 15.0 Å². The third-order valence-corrected chi connectivity index (χ3v) is 4.91. The van der Waals surface area contributed by atoms with Crippen LogP contribution in [0.2, 0.25) is 0 Å². The van der Waals surface area contributed by atoms with Crippen LogP contribution in [0.4, 0.5) is 4.39 Å². The number of halogens is 1. The molecule has 1 fully saturated rings. The molecule has 0 radical (unpaired) electrons. The van der Waals surface area contributed by atoms with Crippen molar-refractivity contribution in [1.29, 1.82) is 0 Å². The van der Waals surface area contributed by atoms with Crippen molar-refractivity contribution in [2.75, 3.05) is 32.8 Å². The molecule has 3 aliphatic heterocycles. The topological polar surface area (TPSA) is 36.9 Å². The Hall–Kier alpha value is -2.40. The summed E-state index contributed by atoms with van der Waals surface area (Å²) in [5, 5.41) is 3.28. The Morgan fingerprint density at radius 2 is 1.57 bits per heavy atom. The number of aliphatic imine (C=N–C) groups is 1. The molecule has 2 aromatic rings. The summed E-state index contributed by atoms with van der Waals surface area (Å²) in [5.41, 5.74) is 2.87. The lowest BCUT2D eigenvalue weighted by Gasteiger charge is -2.29. The second kappa shape index (κ2) is 14.6. The fourth-order valence-electron chi connectivity index (χ4n) is 3.39. The molecule has 0 bridgehead atoms. The summed E-state index contributed by atoms with van der Waals surface area (Å²) >= 11 is 0. The van der Waals surface area contributed by atoms with Crippen LogP contribution in [0.5, 0.6) is 0 Å². The Labute approximate surface area is 181 Å². The molecule has 30 heavy (non-hydrogen) atoms. The van der Waals surface area contributed by atoms with Gasteiger partial charge in [0.25, 0.3) is 6.02 Å². The van der Waals surface area contributed by atoms with Crippen molar-refractivity contribution in [2.24, 2.45) is 4.99 Å². The first-order valence-corrected chi connectivity index (χ1v) is 11.2. The molecule has 3 heterocycles. The third kappa shape index (κ3) is 8.54. The summed E-state index contributed by atoms with van der Waals surface area (Å²) < 4.78 is 17.4. The van der Waals surface area contributed by atoms with Gasteiger partial charge in [0, 0.05) is 13.1 Å². The molecule has 3 aliphatic rings. The molecule has 1 saturated heterocycles. The van der Waals surface area contributed by atoms with Gasteiger partial charge in [0.1, 0.15) is 12.4 Å². The second-order valence-electron chi connectivity index (χ2n) is 7.06. The molecule has 0 spiro atoms. The van der Waals surface area contributed by atoms with E-state index in [2.05, 4.69) is 39.5 Å². The highest BCUT2D eigenvalue weighted by Crippen LogP contribution is 2.19. The summed E-state index contributed by atoms with van der Waals surface area (Å²) in [5.74, 6) is -0.178. The van der Waals surface area contributed by atoms with Crippen LogP contribution in [-0.4, -0.2) is 43.7 Å². The van der Waals surface area contributed by atoms with E-state index in [1.807, 2.05) is 13.8 Å². The summed E-state index contributed by atoms with van der Waals surface area (Å²) in [6.45, 7) is 10.0. The average molecular weight is 414 g/mol. The first kappa shape index (κ1) is 23.9. The normalized spacial score (nSPS) is 16.8. The number of nitrogens with one attached hydrogen (secondary N) is 1. The molecular weight excluding hydrogens is 377 g/mol. The summed E-state index contributed by atoms with van der Waals surface area (Å²) in [4.78, 5) is 6.58. The molecule has 0 aliphatic carbocycles. The van der Waals surface area contributed by atoms with Gasteiger partial charge in [-0.15, -0.1) is 0 Å². The van der Waals surface area contributed by atoms with Crippen molar-refractivity contribution in [3.63, 3.8) is 0 Å². The monoisotopic (exact) mass is 413 g/mol. The maximum absolute atomic E-state index is 11.9. The predicted octanol–water partition coefficient (Wildman–Crippen LogP) is 5.04. The van der Waals surface area contributed by atoms with Gasteiger partial charge in [0.05, 0.1) is 6.54 Å². The predicted molar refractivity (Wildman–Crippen MR) is 123 cm³/mol. The molecule has 0 amide bonds. The number of ether oxygens (including phenoxy) is 1. The van der Waals surface area contributed by atoms with Gasteiger partial charge in [0.15, 0.2) is 0 Å². The number of hydrogen-bond acceptors (Lipinski definition) is 4. The molecule has 164 valence electrons. The van der Waals surface area contributed by atoms with Gasteiger partial charge >= 0.3 is 0 Å². The molecule has 5 rings (SSSR count). The number of benzene rings is 2. The van der Waals surface area contributed by atoms with E-state index in [9.17, 15) is 4.39 Å². The number of nitrogens with zero attached hydrogens (tertiary/aromatic N) is 2. The van der Waals surface area contributed by atoms with Gasteiger partial charge in [-0.25, -0.2) is 9.38 Å². The molecule has 1 N–H and O–H groups in total. The van der Waals surface area contributed by atoms with Crippen molar-refractivity contribution < 1.29 is 9.13 Å². The van der Waals surface area contributed by atoms with Crippen molar-refractivity contribution in [2.45, 2.75) is 46.1 Å². The molecule has 0 aromatic heterocycles. The Balaban J connectivity index is 0.000000178. The SMILES string of the molecule is C1CCNCC1.CC.Fc1ccccc1.c1ccc2c(c1)CCN(C1=NCCO1)C2. The van der Waals surface area contributed by atoms with Crippen LogP contribution in [0, 0.1) is 5.82 Å². The van der Waals surface area contributed by atoms with E-state index in [-0.39, 0.29) is 5.82 Å². The van der Waals surface area contributed by atoms with E-state index >= 15 is 0 Å². The zero-order valence-electron chi connectivity index (χ0n) is 18.4. The maximum atomic E-state index is 11.9. The molecule has 0 unspecified atom stereocenters. The van der Waals surface area contributed by atoms with Crippen LogP contribution in [-0.2, 0) is 17.7 Å². The number of rotatable bonds is 0. The van der Waals surface area contributed by atoms with Crippen LogP contribution < -0.4 is 5.32 Å². The summed E-state index contributed by atoms with van der Waals surface area (Å²) in [6.07, 6.45) is 5.31. The highest BCUT2D eigenvalue weighted by molar-refractivity contribution is 5.75. The molecular formula is C25H36FN3O. The van der Waals surface area contributed by atoms with Crippen LogP contribution in [0.1, 0.15) is 44.2 Å². The standard InChI is InChI=1S/C12H14N2O.C6H5F.C5H11N.C2H6/c1-2-4-11-9-14(7-5-10(11)3-1)12-13-6-8-15-12;7-6-4-2-1-3-5-6;1-2-4-6-5-3-1;1-2/h1-4H,5-9H2;1-5H;6H,1-5H2;1-2H3. The largest absolute Gasteiger partial charge is 0.463 e. The molecule has 0 atom stereocenters. The van der Waals surface area contributed by atoms with Crippen LogP contribution in [0.25, 0.3) is 0 Å². The number of piperidine rings is 1. The van der Waals surface area contributed by atoms with E-state index in [1.54, 1.807) is 18.2 Å². The summed E-state index contributed by atoms with van der Waals surface area (Å²) in [7, 11) is 0. The average Bonchev–Trinajstić information content (AvgIpc) is 3.38. The van der Waals surface area contributed by atoms with Gasteiger partial charge in [0.2, 0.25) is 0 Å². The molecule has 4 nitrogen and oxygen atoms in total. The number of hydrogen-bond donors (Lipinski definition) is 1. The minimum atomic E-state index is -0.178. The zero-order valence-corrected chi connectivity index (χ0v) is 18.4. The fourth-order valence-corrected chi connectivity index (χ4v) is 3.39. The van der Waals surface area contributed by atoms with E-state index in [0.29, 0.717) is 0 Å². The first-order valence-electron chi connectivity index (χ1n) is 11.2. The Bertz CT molecular complexity index is 721. The Morgan fingerprint density at radius 1 is 0.900 bits per heavy atom. The van der Waals surface area contributed by atoms with E-state index in [1.165, 1.54) is 55.6 Å². The van der Waals surface area contributed by atoms with Crippen molar-refractivity contribution in [3.8, 4) is 0 Å². The lowest BCUT2D eigenvalue weighted by atomic mass is 10.0. The van der Waals surface area contributed by atoms with E-state index in [4.69, 9.17) is 4.74 Å². The second-order valence-corrected chi connectivity index (χ2v) is 7.06. The zero-order chi connectivity index (χ0) is 21.4. The van der Waals surface area contributed by atoms with Gasteiger partial charge in [-0.1, -0.05) is 62.7 Å². The van der Waals surface area contributed by atoms with Crippen LogP contribution in [0.15, 0.2) is 59.6 Å². The summed E-state index contributed by atoms with van der Waals surface area (Å²) in [6, 6.07) is 17.4. The van der Waals surface area contributed by atoms with Gasteiger partial charge in [-0.05, 0) is 55.6 Å². The van der Waals surface area contributed by atoms with Gasteiger partial charge in [-0.2, -0.15) is 0 Å². The maximum Gasteiger partial charge on any atom is 0.287 e. The Kier molecular flexibility index (Phi) is 11.6. The van der Waals surface area contributed by atoms with Crippen LogP contribution in [0.3, 0.4) is 0 Å². The van der Waals surface area contributed by atoms with Crippen molar-refractivity contribution in [1.82, 2.24) is 10.2 Å². The minimum absolute atomic E-state index is 0.178. The van der Waals surface area contributed by atoms with E-state index in [0.717, 1.165) is 38.7 Å². The quantitative estimate of drug-likeness (QED) is 0.657. The van der Waals surface area contributed by atoms with Crippen molar-refractivity contribution in [3.05, 3.63) is 71.5 Å². The minimum Gasteiger partial charge on any atom is -0.463 e. The fraction of sp³-hybridized carbons (Fsp3) is 0.480. The number of fused-ring (bicyclic) bond motifs is 1. The molecule has 5 heteroatoms. The van der Waals surface area contributed by atoms with Crippen molar-refractivity contribution >= 4 is 6.02 Å². The number of amidine groups is 1. The van der Waals surface area contributed by atoms with E-state index < -0.39 is 0 Å². The smallest absolute Gasteiger partial charge is 0.287 e. The highest BCUT2D eigenvalue weighted by atomic mass is 19.1. The lowest BCUT2D eigenvalue weighted by molar-refractivity contribution is 0.253. The first-order chi connectivity index (χ1) is 14.8. The van der Waals surface area contributed by atoms with Gasteiger partial charge in [-0.3, -0.25) is 0 Å². The lowest BCUT2D eigenvalue weighted by Crippen LogP contribution is -2.36. The Morgan fingerprint density at radius 3 is 2.07 bits per heavy atom. The molecule has 0 saturated carbocycles.